The molecule has 28 heavy (non-hydrogen) atoms. The molecule has 0 unspecified atom stereocenters. The highest BCUT2D eigenvalue weighted by molar-refractivity contribution is 9.10. The Morgan fingerprint density at radius 2 is 1.82 bits per heavy atom. The molecular weight excluding hydrogens is 440 g/mol. The molecular formula is C22H20BrClN2O2. The van der Waals surface area contributed by atoms with Crippen molar-refractivity contribution in [3.63, 3.8) is 0 Å². The van der Waals surface area contributed by atoms with Gasteiger partial charge in [0.2, 0.25) is 0 Å². The van der Waals surface area contributed by atoms with E-state index in [4.69, 9.17) is 16.3 Å². The normalized spacial score (nSPS) is 10.4. The Labute approximate surface area is 178 Å². The molecule has 144 valence electrons. The number of carbonyl (C=O) groups excluding carboxylic acids is 1. The number of para-hydroxylation sites is 1. The lowest BCUT2D eigenvalue weighted by molar-refractivity contribution is -0.118. The van der Waals surface area contributed by atoms with Crippen LogP contribution in [0.5, 0.6) is 5.75 Å². The fourth-order valence-corrected chi connectivity index (χ4v) is 3.26. The Morgan fingerprint density at radius 3 is 2.54 bits per heavy atom. The Hall–Kier alpha value is -2.50. The maximum atomic E-state index is 12.1. The number of carbonyl (C=O) groups is 1. The average molecular weight is 460 g/mol. The van der Waals surface area contributed by atoms with Gasteiger partial charge in [0.1, 0.15) is 5.75 Å². The quantitative estimate of drug-likeness (QED) is 0.453. The number of aryl methyl sites for hydroxylation is 1. The molecule has 0 fully saturated rings. The van der Waals surface area contributed by atoms with Crippen molar-refractivity contribution in [1.29, 1.82) is 0 Å². The molecule has 0 radical (unpaired) electrons. The highest BCUT2D eigenvalue weighted by Crippen LogP contribution is 2.27. The first-order valence-electron chi connectivity index (χ1n) is 8.77. The first-order chi connectivity index (χ1) is 13.5. The third kappa shape index (κ3) is 5.75. The zero-order valence-electron chi connectivity index (χ0n) is 15.3. The molecule has 0 spiro atoms. The van der Waals surface area contributed by atoms with Crippen molar-refractivity contribution in [1.82, 2.24) is 0 Å². The van der Waals surface area contributed by atoms with Gasteiger partial charge in [-0.1, -0.05) is 47.5 Å². The average Bonchev–Trinajstić information content (AvgIpc) is 2.68. The molecule has 1 amide bonds. The summed E-state index contributed by atoms with van der Waals surface area (Å²) in [5.74, 6) is 0.332. The first kappa shape index (κ1) is 20.2. The topological polar surface area (TPSA) is 50.4 Å². The van der Waals surface area contributed by atoms with Crippen molar-refractivity contribution in [3.05, 3.63) is 87.4 Å². The molecule has 0 aliphatic rings. The molecule has 0 bridgehead atoms. The van der Waals surface area contributed by atoms with Crippen LogP contribution >= 0.6 is 27.5 Å². The van der Waals surface area contributed by atoms with E-state index in [-0.39, 0.29) is 12.5 Å². The SMILES string of the molecule is Cc1ccc(NCc2ccc(OCC(=O)Nc3ccccc3Cl)c(Br)c2)cc1. The van der Waals surface area contributed by atoms with Crippen molar-refractivity contribution in [2.24, 2.45) is 0 Å². The van der Waals surface area contributed by atoms with E-state index < -0.39 is 0 Å². The fraction of sp³-hybridized carbons (Fsp3) is 0.136. The largest absolute Gasteiger partial charge is 0.483 e. The van der Waals surface area contributed by atoms with Gasteiger partial charge in [-0.25, -0.2) is 0 Å². The van der Waals surface area contributed by atoms with E-state index in [2.05, 4.69) is 57.8 Å². The van der Waals surface area contributed by atoms with Crippen LogP contribution in [0.4, 0.5) is 11.4 Å². The number of hydrogen-bond donors (Lipinski definition) is 2. The molecule has 3 aromatic rings. The molecule has 0 heterocycles. The maximum Gasteiger partial charge on any atom is 0.262 e. The van der Waals surface area contributed by atoms with Crippen molar-refractivity contribution in [2.45, 2.75) is 13.5 Å². The number of amides is 1. The van der Waals surface area contributed by atoms with Gasteiger partial charge in [0.25, 0.3) is 5.91 Å². The minimum Gasteiger partial charge on any atom is -0.483 e. The van der Waals surface area contributed by atoms with Crippen LogP contribution in [-0.4, -0.2) is 12.5 Å². The Bertz CT molecular complexity index is 961. The maximum absolute atomic E-state index is 12.1. The predicted octanol–water partition coefficient (Wildman–Crippen LogP) is 6.04. The zero-order valence-corrected chi connectivity index (χ0v) is 17.7. The standard InChI is InChI=1S/C22H20BrClN2O2/c1-15-6-9-17(10-7-15)25-13-16-8-11-21(18(23)12-16)28-14-22(27)26-20-5-3-2-4-19(20)24/h2-12,25H,13-14H2,1H3,(H,26,27). The van der Waals surface area contributed by atoms with Crippen LogP contribution in [0.3, 0.4) is 0 Å². The second-order valence-corrected chi connectivity index (χ2v) is 7.56. The summed E-state index contributed by atoms with van der Waals surface area (Å²) in [6.07, 6.45) is 0. The molecule has 0 atom stereocenters. The molecule has 0 aliphatic heterocycles. The summed E-state index contributed by atoms with van der Waals surface area (Å²) in [6, 6.07) is 21.1. The monoisotopic (exact) mass is 458 g/mol. The van der Waals surface area contributed by atoms with E-state index in [1.54, 1.807) is 18.2 Å². The lowest BCUT2D eigenvalue weighted by Gasteiger charge is -2.12. The third-order valence-corrected chi connectivity index (χ3v) is 5.00. The van der Waals surface area contributed by atoms with Crippen molar-refractivity contribution >= 4 is 44.8 Å². The van der Waals surface area contributed by atoms with Gasteiger partial charge in [0, 0.05) is 12.2 Å². The second-order valence-electron chi connectivity index (χ2n) is 6.30. The van der Waals surface area contributed by atoms with Gasteiger partial charge in [-0.2, -0.15) is 0 Å². The Kier molecular flexibility index (Phi) is 6.95. The van der Waals surface area contributed by atoms with Crippen LogP contribution in [0.2, 0.25) is 5.02 Å². The molecule has 3 aromatic carbocycles. The van der Waals surface area contributed by atoms with E-state index in [9.17, 15) is 4.79 Å². The number of halogens is 2. The van der Waals surface area contributed by atoms with E-state index in [1.165, 1.54) is 5.56 Å². The van der Waals surface area contributed by atoms with Crippen LogP contribution < -0.4 is 15.4 Å². The number of ether oxygens (including phenoxy) is 1. The Balaban J connectivity index is 1.53. The molecule has 0 aromatic heterocycles. The van der Waals surface area contributed by atoms with Crippen LogP contribution in [0, 0.1) is 6.92 Å². The lowest BCUT2D eigenvalue weighted by atomic mass is 10.2. The molecule has 0 aliphatic carbocycles. The lowest BCUT2D eigenvalue weighted by Crippen LogP contribution is -2.20. The summed E-state index contributed by atoms with van der Waals surface area (Å²) < 4.78 is 6.41. The minimum absolute atomic E-state index is 0.106. The molecule has 4 nitrogen and oxygen atoms in total. The summed E-state index contributed by atoms with van der Waals surface area (Å²) in [7, 11) is 0. The summed E-state index contributed by atoms with van der Waals surface area (Å²) in [5.41, 5.74) is 3.96. The summed E-state index contributed by atoms with van der Waals surface area (Å²) >= 11 is 9.55. The Morgan fingerprint density at radius 1 is 1.07 bits per heavy atom. The molecule has 6 heteroatoms. The molecule has 3 rings (SSSR count). The summed E-state index contributed by atoms with van der Waals surface area (Å²) in [6.45, 7) is 2.65. The number of hydrogen-bond acceptors (Lipinski definition) is 3. The van der Waals surface area contributed by atoms with Gasteiger partial charge < -0.3 is 15.4 Å². The molecule has 2 N–H and O–H groups in total. The first-order valence-corrected chi connectivity index (χ1v) is 9.94. The van der Waals surface area contributed by atoms with Crippen LogP contribution in [0.15, 0.2) is 71.2 Å². The highest BCUT2D eigenvalue weighted by Gasteiger charge is 2.09. The summed E-state index contributed by atoms with van der Waals surface area (Å²) in [5, 5.41) is 6.60. The van der Waals surface area contributed by atoms with Gasteiger partial charge in [0.05, 0.1) is 15.2 Å². The minimum atomic E-state index is -0.273. The number of anilines is 2. The summed E-state index contributed by atoms with van der Waals surface area (Å²) in [4.78, 5) is 12.1. The fourth-order valence-electron chi connectivity index (χ4n) is 2.54. The predicted molar refractivity (Wildman–Crippen MR) is 118 cm³/mol. The van der Waals surface area contributed by atoms with Gasteiger partial charge >= 0.3 is 0 Å². The number of benzene rings is 3. The van der Waals surface area contributed by atoms with E-state index in [0.29, 0.717) is 23.0 Å². The zero-order chi connectivity index (χ0) is 19.9. The van der Waals surface area contributed by atoms with Crippen LogP contribution in [0.25, 0.3) is 0 Å². The van der Waals surface area contributed by atoms with Crippen LogP contribution in [-0.2, 0) is 11.3 Å². The third-order valence-electron chi connectivity index (χ3n) is 4.05. The van der Waals surface area contributed by atoms with Gasteiger partial charge in [-0.05, 0) is 64.8 Å². The van der Waals surface area contributed by atoms with E-state index in [1.807, 2.05) is 24.3 Å². The van der Waals surface area contributed by atoms with E-state index >= 15 is 0 Å². The number of nitrogens with one attached hydrogen (secondary N) is 2. The van der Waals surface area contributed by atoms with Crippen molar-refractivity contribution in [3.8, 4) is 5.75 Å². The number of rotatable bonds is 7. The highest BCUT2D eigenvalue weighted by atomic mass is 79.9. The van der Waals surface area contributed by atoms with Gasteiger partial charge in [-0.15, -0.1) is 0 Å². The molecule has 0 saturated heterocycles. The van der Waals surface area contributed by atoms with Gasteiger partial charge in [0.15, 0.2) is 6.61 Å². The van der Waals surface area contributed by atoms with Crippen LogP contribution in [0.1, 0.15) is 11.1 Å². The van der Waals surface area contributed by atoms with E-state index in [0.717, 1.165) is 15.7 Å². The molecule has 0 saturated carbocycles. The second kappa shape index (κ2) is 9.62. The van der Waals surface area contributed by atoms with Crippen molar-refractivity contribution in [2.75, 3.05) is 17.2 Å². The van der Waals surface area contributed by atoms with Crippen molar-refractivity contribution < 1.29 is 9.53 Å². The van der Waals surface area contributed by atoms with Gasteiger partial charge in [-0.3, -0.25) is 4.79 Å². The smallest absolute Gasteiger partial charge is 0.262 e.